The molecule has 0 radical (unpaired) electrons. The SMILES string of the molecule is Cc1ccc(Cl)cc1OCc1ccc(C#CCCO)s1. The van der Waals surface area contributed by atoms with Crippen LogP contribution in [0.5, 0.6) is 5.75 Å². The molecule has 2 nitrogen and oxygen atoms in total. The van der Waals surface area contributed by atoms with E-state index in [0.717, 1.165) is 21.1 Å². The summed E-state index contributed by atoms with van der Waals surface area (Å²) in [5.74, 6) is 6.73. The first-order valence-electron chi connectivity index (χ1n) is 6.26. The number of hydrogen-bond acceptors (Lipinski definition) is 3. The van der Waals surface area contributed by atoms with Crippen molar-refractivity contribution in [3.63, 3.8) is 0 Å². The van der Waals surface area contributed by atoms with E-state index in [9.17, 15) is 0 Å². The highest BCUT2D eigenvalue weighted by Crippen LogP contribution is 2.24. The Balaban J connectivity index is 1.98. The third-order valence-corrected chi connectivity index (χ3v) is 3.84. The number of aliphatic hydroxyl groups is 1. The number of thiophene rings is 1. The average molecular weight is 307 g/mol. The second-order valence-corrected chi connectivity index (χ2v) is 5.84. The van der Waals surface area contributed by atoms with Crippen molar-refractivity contribution < 1.29 is 9.84 Å². The molecule has 0 aliphatic heterocycles. The number of hydrogen-bond donors (Lipinski definition) is 1. The molecule has 0 saturated heterocycles. The molecule has 0 spiro atoms. The van der Waals surface area contributed by atoms with Crippen LogP contribution in [-0.2, 0) is 6.61 Å². The lowest BCUT2D eigenvalue weighted by molar-refractivity contribution is 0.305. The van der Waals surface area contributed by atoms with Crippen LogP contribution in [0, 0.1) is 18.8 Å². The largest absolute Gasteiger partial charge is 0.488 e. The van der Waals surface area contributed by atoms with Gasteiger partial charge in [-0.15, -0.1) is 11.3 Å². The van der Waals surface area contributed by atoms with Gasteiger partial charge in [0.25, 0.3) is 0 Å². The standard InChI is InChI=1S/C16H15ClO2S/c1-12-5-6-13(17)10-16(12)19-11-15-8-7-14(20-15)4-2-3-9-18/h5-8,10,18H,3,9,11H2,1H3. The van der Waals surface area contributed by atoms with Crippen LogP contribution in [0.2, 0.25) is 5.02 Å². The molecule has 0 fully saturated rings. The van der Waals surface area contributed by atoms with Gasteiger partial charge in [-0.05, 0) is 36.8 Å². The first-order chi connectivity index (χ1) is 9.69. The minimum atomic E-state index is 0.0996. The van der Waals surface area contributed by atoms with Crippen LogP contribution < -0.4 is 4.74 Å². The second kappa shape index (κ2) is 7.35. The number of halogens is 1. The predicted molar refractivity (Wildman–Crippen MR) is 83.4 cm³/mol. The lowest BCUT2D eigenvalue weighted by Gasteiger charge is -2.08. The van der Waals surface area contributed by atoms with Crippen LogP contribution >= 0.6 is 22.9 Å². The number of rotatable bonds is 4. The fourth-order valence-electron chi connectivity index (χ4n) is 1.61. The van der Waals surface area contributed by atoms with Gasteiger partial charge in [-0.2, -0.15) is 0 Å². The second-order valence-electron chi connectivity index (χ2n) is 4.24. The van der Waals surface area contributed by atoms with E-state index in [-0.39, 0.29) is 6.61 Å². The van der Waals surface area contributed by atoms with Crippen molar-refractivity contribution >= 4 is 22.9 Å². The Labute approximate surface area is 128 Å². The fourth-order valence-corrected chi connectivity index (χ4v) is 2.56. The summed E-state index contributed by atoms with van der Waals surface area (Å²) in [5, 5.41) is 9.35. The third-order valence-electron chi connectivity index (χ3n) is 2.63. The lowest BCUT2D eigenvalue weighted by atomic mass is 10.2. The summed E-state index contributed by atoms with van der Waals surface area (Å²) in [6, 6.07) is 9.60. The third kappa shape index (κ3) is 4.28. The Hall–Kier alpha value is -1.47. The molecular formula is C16H15ClO2S. The van der Waals surface area contributed by atoms with Gasteiger partial charge in [0.15, 0.2) is 0 Å². The Morgan fingerprint density at radius 1 is 1.30 bits per heavy atom. The first-order valence-corrected chi connectivity index (χ1v) is 7.46. The maximum absolute atomic E-state index is 8.68. The monoisotopic (exact) mass is 306 g/mol. The van der Waals surface area contributed by atoms with Crippen LogP contribution in [0.1, 0.15) is 21.7 Å². The maximum Gasteiger partial charge on any atom is 0.124 e. The van der Waals surface area contributed by atoms with Gasteiger partial charge in [-0.3, -0.25) is 0 Å². The van der Waals surface area contributed by atoms with Crippen molar-refractivity contribution in [2.24, 2.45) is 0 Å². The zero-order valence-corrected chi connectivity index (χ0v) is 12.7. The van der Waals surface area contributed by atoms with E-state index in [0.29, 0.717) is 18.1 Å². The van der Waals surface area contributed by atoms with E-state index in [1.54, 1.807) is 11.3 Å². The van der Waals surface area contributed by atoms with Crippen LogP contribution in [0.3, 0.4) is 0 Å². The minimum absolute atomic E-state index is 0.0996. The molecule has 0 amide bonds. The molecule has 104 valence electrons. The molecule has 1 N–H and O–H groups in total. The van der Waals surface area contributed by atoms with Crippen LogP contribution in [0.25, 0.3) is 0 Å². The van der Waals surface area contributed by atoms with Gasteiger partial charge in [0.2, 0.25) is 0 Å². The highest BCUT2D eigenvalue weighted by molar-refractivity contribution is 7.12. The van der Waals surface area contributed by atoms with E-state index >= 15 is 0 Å². The number of benzene rings is 1. The average Bonchev–Trinajstić information content (AvgIpc) is 2.88. The molecule has 0 aliphatic carbocycles. The summed E-state index contributed by atoms with van der Waals surface area (Å²) < 4.78 is 5.78. The van der Waals surface area contributed by atoms with Crippen LogP contribution in [0.4, 0.5) is 0 Å². The highest BCUT2D eigenvalue weighted by Gasteiger charge is 2.03. The summed E-state index contributed by atoms with van der Waals surface area (Å²) in [5.41, 5.74) is 1.06. The molecule has 0 unspecified atom stereocenters. The van der Waals surface area contributed by atoms with E-state index < -0.39 is 0 Å². The van der Waals surface area contributed by atoms with Gasteiger partial charge < -0.3 is 9.84 Å². The van der Waals surface area contributed by atoms with Gasteiger partial charge in [0.05, 0.1) is 11.5 Å². The molecule has 1 heterocycles. The molecule has 2 aromatic rings. The topological polar surface area (TPSA) is 29.5 Å². The van der Waals surface area contributed by atoms with E-state index in [1.807, 2.05) is 37.3 Å². The molecule has 0 bridgehead atoms. The molecule has 0 saturated carbocycles. The molecule has 0 aliphatic rings. The first kappa shape index (κ1) is 14.9. The normalized spacial score (nSPS) is 9.95. The summed E-state index contributed by atoms with van der Waals surface area (Å²) in [4.78, 5) is 2.09. The summed E-state index contributed by atoms with van der Waals surface area (Å²) >= 11 is 7.56. The van der Waals surface area contributed by atoms with Crippen molar-refractivity contribution in [2.45, 2.75) is 20.0 Å². The van der Waals surface area contributed by atoms with Gasteiger partial charge in [0, 0.05) is 16.3 Å². The Morgan fingerprint density at radius 2 is 2.15 bits per heavy atom. The maximum atomic E-state index is 8.68. The van der Waals surface area contributed by atoms with Crippen molar-refractivity contribution in [1.82, 2.24) is 0 Å². The lowest BCUT2D eigenvalue weighted by Crippen LogP contribution is -1.94. The molecule has 20 heavy (non-hydrogen) atoms. The molecule has 1 aromatic heterocycles. The Bertz CT molecular complexity index is 637. The number of aryl methyl sites for hydroxylation is 1. The quantitative estimate of drug-likeness (QED) is 0.864. The zero-order chi connectivity index (χ0) is 14.4. The van der Waals surface area contributed by atoms with E-state index in [1.165, 1.54) is 0 Å². The van der Waals surface area contributed by atoms with Crippen molar-refractivity contribution in [1.29, 1.82) is 0 Å². The van der Waals surface area contributed by atoms with Gasteiger partial charge in [-0.1, -0.05) is 29.5 Å². The van der Waals surface area contributed by atoms with Gasteiger partial charge in [-0.25, -0.2) is 0 Å². The molecular weight excluding hydrogens is 292 g/mol. The van der Waals surface area contributed by atoms with Crippen LogP contribution in [0.15, 0.2) is 30.3 Å². The van der Waals surface area contributed by atoms with E-state index in [2.05, 4.69) is 11.8 Å². The molecule has 1 aromatic carbocycles. The van der Waals surface area contributed by atoms with Crippen molar-refractivity contribution in [2.75, 3.05) is 6.61 Å². The smallest absolute Gasteiger partial charge is 0.124 e. The number of ether oxygens (including phenoxy) is 1. The Morgan fingerprint density at radius 3 is 2.95 bits per heavy atom. The summed E-state index contributed by atoms with van der Waals surface area (Å²) in [7, 11) is 0. The zero-order valence-electron chi connectivity index (χ0n) is 11.1. The van der Waals surface area contributed by atoms with Gasteiger partial charge in [0.1, 0.15) is 12.4 Å². The van der Waals surface area contributed by atoms with E-state index in [4.69, 9.17) is 21.4 Å². The Kier molecular flexibility index (Phi) is 5.49. The predicted octanol–water partition coefficient (Wildman–Crippen LogP) is 4.02. The van der Waals surface area contributed by atoms with Crippen molar-refractivity contribution in [3.05, 3.63) is 50.7 Å². The van der Waals surface area contributed by atoms with Gasteiger partial charge >= 0.3 is 0 Å². The summed E-state index contributed by atoms with van der Waals surface area (Å²) in [6.45, 7) is 2.60. The van der Waals surface area contributed by atoms with Crippen LogP contribution in [-0.4, -0.2) is 11.7 Å². The summed E-state index contributed by atoms with van der Waals surface area (Å²) in [6.07, 6.45) is 0.505. The number of aliphatic hydroxyl groups excluding tert-OH is 1. The molecule has 2 rings (SSSR count). The highest BCUT2D eigenvalue weighted by atomic mass is 35.5. The van der Waals surface area contributed by atoms with Crippen molar-refractivity contribution in [3.8, 4) is 17.6 Å². The molecule has 4 heteroatoms. The fraction of sp³-hybridized carbons (Fsp3) is 0.250. The molecule has 0 atom stereocenters. The minimum Gasteiger partial charge on any atom is -0.488 e.